The summed E-state index contributed by atoms with van der Waals surface area (Å²) in [5.74, 6) is 1.92. The van der Waals surface area contributed by atoms with Crippen molar-refractivity contribution in [1.82, 2.24) is 9.80 Å². The van der Waals surface area contributed by atoms with Gasteiger partial charge in [-0.25, -0.2) is 0 Å². The average Bonchev–Trinajstić information content (AvgIpc) is 3.17. The molecule has 1 saturated heterocycles. The van der Waals surface area contributed by atoms with Gasteiger partial charge in [0.2, 0.25) is 6.79 Å². The fourth-order valence-electron chi connectivity index (χ4n) is 3.48. The van der Waals surface area contributed by atoms with Gasteiger partial charge in [-0.3, -0.25) is 9.69 Å². The number of carbonyl (C=O) groups is 1. The predicted molar refractivity (Wildman–Crippen MR) is 106 cm³/mol. The number of amides is 1. The predicted octanol–water partition coefficient (Wildman–Crippen LogP) is -3.37. The molecule has 0 spiro atoms. The van der Waals surface area contributed by atoms with Crippen LogP contribution in [0, 0.1) is 0 Å². The maximum atomic E-state index is 12.9. The first-order chi connectivity index (χ1) is 13.5. The third kappa shape index (κ3) is 4.98. The number of nitrogen functional groups attached to an aromatic ring is 1. The molecule has 0 radical (unpaired) electrons. The molecule has 30 heavy (non-hydrogen) atoms. The lowest BCUT2D eigenvalue weighted by molar-refractivity contribution is -0.001000. The van der Waals surface area contributed by atoms with E-state index in [1.165, 1.54) is 7.11 Å². The van der Waals surface area contributed by atoms with Gasteiger partial charge in [-0.2, -0.15) is 0 Å². The summed E-state index contributed by atoms with van der Waals surface area (Å²) >= 11 is 6.10. The number of anilines is 1. The fraction of sp³-hybridized carbons (Fsp3) is 0.350. The van der Waals surface area contributed by atoms with Crippen LogP contribution >= 0.6 is 11.6 Å². The molecule has 0 aromatic heterocycles. The number of nitrogens with two attached hydrogens (primary N) is 1. The first-order valence-corrected chi connectivity index (χ1v) is 9.46. The summed E-state index contributed by atoms with van der Waals surface area (Å²) in [5, 5.41) is 0.352. The number of benzene rings is 2. The van der Waals surface area contributed by atoms with E-state index in [2.05, 4.69) is 4.90 Å². The van der Waals surface area contributed by atoms with E-state index in [1.807, 2.05) is 23.1 Å². The van der Waals surface area contributed by atoms with E-state index in [4.69, 9.17) is 31.5 Å². The number of hydrogen-bond acceptors (Lipinski definition) is 6. The SMILES string of the molecule is COc1cc(N)c(Cl)cc1C(=O)N1CCN(Cc2ccc3c(c2)OCO3)CC1.[Cl-].[Cl-]. The van der Waals surface area contributed by atoms with Crippen molar-refractivity contribution in [1.29, 1.82) is 0 Å². The van der Waals surface area contributed by atoms with Crippen molar-refractivity contribution in [2.75, 3.05) is 45.8 Å². The van der Waals surface area contributed by atoms with Crippen LogP contribution in [0.25, 0.3) is 0 Å². The molecule has 0 unspecified atom stereocenters. The van der Waals surface area contributed by atoms with Gasteiger partial charge in [0.1, 0.15) is 5.75 Å². The summed E-state index contributed by atoms with van der Waals surface area (Å²) < 4.78 is 16.1. The van der Waals surface area contributed by atoms with Crippen molar-refractivity contribution in [3.05, 3.63) is 46.5 Å². The Bertz CT molecular complexity index is 905. The molecule has 2 aliphatic heterocycles. The van der Waals surface area contributed by atoms with Crippen molar-refractivity contribution in [3.63, 3.8) is 0 Å². The van der Waals surface area contributed by atoms with Crippen LogP contribution in [0.1, 0.15) is 15.9 Å². The Labute approximate surface area is 192 Å². The van der Waals surface area contributed by atoms with Crippen LogP contribution in [0.3, 0.4) is 0 Å². The number of ether oxygens (including phenoxy) is 3. The monoisotopic (exact) mass is 473 g/mol. The summed E-state index contributed by atoms with van der Waals surface area (Å²) in [7, 11) is 1.52. The average molecular weight is 475 g/mol. The van der Waals surface area contributed by atoms with Gasteiger partial charge in [0, 0.05) is 38.8 Å². The van der Waals surface area contributed by atoms with Gasteiger partial charge >= 0.3 is 0 Å². The molecule has 7 nitrogen and oxygen atoms in total. The molecule has 0 saturated carbocycles. The lowest BCUT2D eigenvalue weighted by atomic mass is 10.1. The van der Waals surface area contributed by atoms with Gasteiger partial charge < -0.3 is 49.7 Å². The summed E-state index contributed by atoms with van der Waals surface area (Å²) in [6, 6.07) is 9.17. The van der Waals surface area contributed by atoms with E-state index in [0.717, 1.165) is 36.7 Å². The number of nitrogens with zero attached hydrogens (tertiary/aromatic N) is 2. The van der Waals surface area contributed by atoms with E-state index < -0.39 is 0 Å². The zero-order chi connectivity index (χ0) is 19.7. The first-order valence-electron chi connectivity index (χ1n) is 9.08. The molecular formula is C20H22Cl3N3O4-2. The molecule has 2 aromatic rings. The Morgan fingerprint density at radius 3 is 2.50 bits per heavy atom. The second-order valence-electron chi connectivity index (χ2n) is 6.83. The van der Waals surface area contributed by atoms with Crippen LogP contribution < -0.4 is 44.8 Å². The number of fused-ring (bicyclic) bond motifs is 1. The Morgan fingerprint density at radius 2 is 1.80 bits per heavy atom. The van der Waals surface area contributed by atoms with Crippen LogP contribution in [0.2, 0.25) is 5.02 Å². The third-order valence-corrected chi connectivity index (χ3v) is 5.38. The van der Waals surface area contributed by atoms with Crippen LogP contribution in [0.5, 0.6) is 17.2 Å². The van der Waals surface area contributed by atoms with Gasteiger partial charge in [-0.15, -0.1) is 0 Å². The van der Waals surface area contributed by atoms with Crippen molar-refractivity contribution in [2.45, 2.75) is 6.54 Å². The highest BCUT2D eigenvalue weighted by Crippen LogP contribution is 2.33. The summed E-state index contributed by atoms with van der Waals surface area (Å²) in [4.78, 5) is 17.1. The van der Waals surface area contributed by atoms with Gasteiger partial charge in [-0.05, 0) is 23.8 Å². The van der Waals surface area contributed by atoms with Gasteiger partial charge in [0.15, 0.2) is 11.5 Å². The molecule has 2 aromatic carbocycles. The van der Waals surface area contributed by atoms with Crippen molar-refractivity contribution < 1.29 is 43.8 Å². The minimum atomic E-state index is -0.0959. The highest BCUT2D eigenvalue weighted by Gasteiger charge is 2.25. The number of hydrogen-bond donors (Lipinski definition) is 1. The summed E-state index contributed by atoms with van der Waals surface area (Å²) in [6.45, 7) is 3.91. The molecular weight excluding hydrogens is 453 g/mol. The van der Waals surface area contributed by atoms with Crippen LogP contribution in [-0.2, 0) is 6.54 Å². The smallest absolute Gasteiger partial charge is 0.257 e. The molecule has 0 aliphatic carbocycles. The van der Waals surface area contributed by atoms with Crippen LogP contribution in [0.4, 0.5) is 5.69 Å². The van der Waals surface area contributed by atoms with E-state index in [1.54, 1.807) is 12.1 Å². The number of rotatable bonds is 4. The summed E-state index contributed by atoms with van der Waals surface area (Å²) in [6.07, 6.45) is 0. The zero-order valence-corrected chi connectivity index (χ0v) is 18.6. The standard InChI is InChI=1S/C20H22ClN3O4.2ClH/c1-26-18-10-16(22)15(21)9-14(18)20(25)24-6-4-23(5-7-24)11-13-2-3-17-19(8-13)28-12-27-17;;/h2-3,8-10H,4-7,11-12,22H2,1H3;2*1H/p-2. The zero-order valence-electron chi connectivity index (χ0n) is 16.4. The molecule has 10 heteroatoms. The topological polar surface area (TPSA) is 77.3 Å². The number of piperazine rings is 1. The normalized spacial score (nSPS) is 15.2. The highest BCUT2D eigenvalue weighted by molar-refractivity contribution is 6.33. The van der Waals surface area contributed by atoms with E-state index in [0.29, 0.717) is 35.1 Å². The molecule has 164 valence electrons. The van der Waals surface area contributed by atoms with Gasteiger partial charge in [-0.1, -0.05) is 17.7 Å². The molecule has 2 N–H and O–H groups in total. The molecule has 4 rings (SSSR count). The number of halogens is 3. The second-order valence-corrected chi connectivity index (χ2v) is 7.24. The molecule has 0 bridgehead atoms. The van der Waals surface area contributed by atoms with Crippen LogP contribution in [-0.4, -0.2) is 55.8 Å². The summed E-state index contributed by atoms with van der Waals surface area (Å²) in [5.41, 5.74) is 7.80. The lowest BCUT2D eigenvalue weighted by Crippen LogP contribution is -3.00. The quantitative estimate of drug-likeness (QED) is 0.466. The molecule has 0 atom stereocenters. The lowest BCUT2D eigenvalue weighted by Gasteiger charge is -2.35. The molecule has 2 aliphatic rings. The van der Waals surface area contributed by atoms with Crippen molar-refractivity contribution >= 4 is 23.2 Å². The highest BCUT2D eigenvalue weighted by atomic mass is 35.5. The number of methoxy groups -OCH3 is 1. The second kappa shape index (κ2) is 10.3. The Hall–Kier alpha value is -2.06. The van der Waals surface area contributed by atoms with Crippen LogP contribution in [0.15, 0.2) is 30.3 Å². The van der Waals surface area contributed by atoms with Gasteiger partial charge in [0.25, 0.3) is 5.91 Å². The van der Waals surface area contributed by atoms with Crippen molar-refractivity contribution in [2.24, 2.45) is 0 Å². The Morgan fingerprint density at radius 1 is 1.10 bits per heavy atom. The third-order valence-electron chi connectivity index (χ3n) is 5.05. The van der Waals surface area contributed by atoms with E-state index in [9.17, 15) is 4.79 Å². The molecule has 1 fully saturated rings. The van der Waals surface area contributed by atoms with Gasteiger partial charge in [0.05, 0.1) is 23.4 Å². The maximum Gasteiger partial charge on any atom is 0.257 e. The molecule has 1 amide bonds. The maximum absolute atomic E-state index is 12.9. The minimum Gasteiger partial charge on any atom is -1.00 e. The molecule has 2 heterocycles. The fourth-order valence-corrected chi connectivity index (χ4v) is 3.65. The number of carbonyl (C=O) groups excluding carboxylic acids is 1. The van der Waals surface area contributed by atoms with E-state index >= 15 is 0 Å². The van der Waals surface area contributed by atoms with Crippen molar-refractivity contribution in [3.8, 4) is 17.2 Å². The first kappa shape index (κ1) is 24.2. The minimum absolute atomic E-state index is 0. The Balaban J connectivity index is 0.00000160. The van der Waals surface area contributed by atoms with E-state index in [-0.39, 0.29) is 37.5 Å². The Kier molecular flexibility index (Phi) is 8.32. The largest absolute Gasteiger partial charge is 1.00 e.